The topological polar surface area (TPSA) is 271 Å². The van der Waals surface area contributed by atoms with E-state index in [4.69, 9.17) is 63.6 Å². The Morgan fingerprint density at radius 2 is 0.315 bits per heavy atom. The summed E-state index contributed by atoms with van der Waals surface area (Å²) in [6.07, 6.45) is 10.3. The molecule has 16 saturated heterocycles. The molecule has 29 nitrogen and oxygen atoms in total. The lowest BCUT2D eigenvalue weighted by molar-refractivity contribution is 0.413. The molecule has 0 bridgehead atoms. The van der Waals surface area contributed by atoms with Crippen LogP contribution in [0.4, 0.5) is 46.5 Å². The molecule has 16 fully saturated rings. The summed E-state index contributed by atoms with van der Waals surface area (Å²) in [6, 6.07) is 39.1. The second kappa shape index (κ2) is 50.4. The van der Waals surface area contributed by atoms with Gasteiger partial charge in [-0.25, -0.2) is 39.9 Å². The van der Waals surface area contributed by atoms with Crippen LogP contribution < -0.4 is 105 Å². The van der Waals surface area contributed by atoms with Crippen molar-refractivity contribution in [3.8, 4) is 28.7 Å². The van der Waals surface area contributed by atoms with Crippen LogP contribution in [-0.2, 0) is 0 Å². The van der Waals surface area contributed by atoms with Gasteiger partial charge in [-0.3, -0.25) is 0 Å². The van der Waals surface area contributed by atoms with Gasteiger partial charge in [-0.2, -0.15) is 0 Å². The third-order valence-electron chi connectivity index (χ3n) is 34.8. The third-order valence-corrected chi connectivity index (χ3v) is 34.8. The molecule has 4 unspecified atom stereocenters. The molecular weight excluding hydrogens is 1860 g/mol. The Bertz CT molecular complexity index is 4970. The average molecular weight is 2040 g/mol. The highest BCUT2D eigenvalue weighted by molar-refractivity contribution is 5.56. The fourth-order valence-corrected chi connectivity index (χ4v) is 25.8. The van der Waals surface area contributed by atoms with Crippen LogP contribution in [0.15, 0.2) is 97.1 Å². The minimum Gasteiger partial charge on any atom is -0.497 e. The van der Waals surface area contributed by atoms with E-state index in [-0.39, 0.29) is 0 Å². The Labute approximate surface area is 893 Å². The van der Waals surface area contributed by atoms with Gasteiger partial charge in [0.1, 0.15) is 75.3 Å². The van der Waals surface area contributed by atoms with Crippen molar-refractivity contribution < 1.29 is 23.7 Å². The van der Waals surface area contributed by atoms with Gasteiger partial charge in [0, 0.05) is 312 Å². The first-order chi connectivity index (χ1) is 71.9. The zero-order valence-electron chi connectivity index (χ0n) is 94.9. The molecule has 8 aromatic rings. The molecule has 24 rings (SSSR count). The second-order valence-corrected chi connectivity index (χ2v) is 47.7. The van der Waals surface area contributed by atoms with Crippen molar-refractivity contribution in [2.75, 3.05) is 232 Å². The lowest BCUT2D eigenvalue weighted by Crippen LogP contribution is -2.34. The van der Waals surface area contributed by atoms with Gasteiger partial charge in [-0.05, 0) is 220 Å². The fraction of sp³-hybridized carbons (Fsp3) is 0.667. The summed E-state index contributed by atoms with van der Waals surface area (Å²) in [5.74, 6) is 23.6. The monoisotopic (exact) mass is 2040 g/mol. The first-order valence-electron chi connectivity index (χ1n) is 57.4. The minimum atomic E-state index is 0.425. The predicted molar refractivity (Wildman–Crippen MR) is 610 cm³/mol. The molecule has 16 atom stereocenters. The molecule has 16 aliphatic heterocycles. The Morgan fingerprint density at radius 1 is 0.188 bits per heavy atom. The van der Waals surface area contributed by atoms with Crippen molar-refractivity contribution in [3.05, 3.63) is 159 Å². The van der Waals surface area contributed by atoms with Crippen LogP contribution in [0.3, 0.4) is 0 Å². The SMILES string of the molecule is COc1cc(C(C)C)nc(N2CCC3CNCC32)c1.COc1cc(C(C)C)nc(N2CC[C@@H]3CNC[C@@H]32)c1.COc1cc(C(C)C)nc(N2CC[C@@H]3CNC[C@H]32)c1.COc1cc(C(C)C)nc(N2CC[C@H]3CNC[C@@H]32)c1.COc1cc(C(C)C)nc(N2CC[C@H]3CNC[C@H]32)c1.Cc1cc(C(C)C)nc(N2CCC3CNCC32)c1.Cc1cc(C(C)C)nc(N2CC[C@@H]3CNC[C@@H]32)c1.Cc1cc(C(C)C)nc(N2CC[C@H]3CNC[C@H]32)c1. The number of aromatic nitrogens is 8. The largest absolute Gasteiger partial charge is 0.497 e. The molecular formula is C120H184N24O5. The summed E-state index contributed by atoms with van der Waals surface area (Å²) in [5.41, 5.74) is 13.2. The van der Waals surface area contributed by atoms with E-state index in [0.29, 0.717) is 95.7 Å². The van der Waals surface area contributed by atoms with Crippen molar-refractivity contribution >= 4 is 46.5 Å². The molecule has 29 heteroatoms. The van der Waals surface area contributed by atoms with E-state index in [9.17, 15) is 0 Å². The van der Waals surface area contributed by atoms with E-state index >= 15 is 0 Å². The number of methoxy groups -OCH3 is 5. The average Bonchev–Trinajstić information content (AvgIpc) is 2.02. The van der Waals surface area contributed by atoms with Gasteiger partial charge >= 0.3 is 0 Å². The van der Waals surface area contributed by atoms with Gasteiger partial charge < -0.3 is 105 Å². The van der Waals surface area contributed by atoms with Gasteiger partial charge in [0.15, 0.2) is 0 Å². The quantitative estimate of drug-likeness (QED) is 0.0332. The van der Waals surface area contributed by atoms with E-state index in [1.165, 1.54) is 142 Å². The van der Waals surface area contributed by atoms with Crippen molar-refractivity contribution in [1.82, 2.24) is 82.4 Å². The zero-order chi connectivity index (χ0) is 105. The van der Waals surface area contributed by atoms with E-state index < -0.39 is 0 Å². The zero-order valence-corrected chi connectivity index (χ0v) is 94.9. The lowest BCUT2D eigenvalue weighted by Gasteiger charge is -2.25. The van der Waals surface area contributed by atoms with E-state index in [2.05, 4.69) is 310 Å². The van der Waals surface area contributed by atoms with Crippen LogP contribution in [0.25, 0.3) is 0 Å². The lowest BCUT2D eigenvalue weighted by atomic mass is 10.0. The maximum Gasteiger partial charge on any atom is 0.132 e. The Kier molecular flexibility index (Phi) is 37.4. The summed E-state index contributed by atoms with van der Waals surface area (Å²) < 4.78 is 27.2. The number of anilines is 8. The summed E-state index contributed by atoms with van der Waals surface area (Å²) in [5, 5.41) is 28.0. The molecule has 8 aromatic heterocycles. The molecule has 8 N–H and O–H groups in total. The van der Waals surface area contributed by atoms with Crippen molar-refractivity contribution in [3.63, 3.8) is 0 Å². The molecule has 149 heavy (non-hydrogen) atoms. The Balaban J connectivity index is 0.000000116. The number of hydrogen-bond donors (Lipinski definition) is 8. The van der Waals surface area contributed by atoms with Crippen LogP contribution in [0.5, 0.6) is 28.7 Å². The first kappa shape index (κ1) is 110. The van der Waals surface area contributed by atoms with Crippen LogP contribution in [0.1, 0.15) is 272 Å². The number of hydrogen-bond acceptors (Lipinski definition) is 29. The maximum atomic E-state index is 5.43. The highest BCUT2D eigenvalue weighted by atomic mass is 16.5. The first-order valence-corrected chi connectivity index (χ1v) is 57.4. The Hall–Kier alpha value is -9.72. The minimum absolute atomic E-state index is 0.425. The summed E-state index contributed by atoms with van der Waals surface area (Å²) >= 11 is 0. The summed E-state index contributed by atoms with van der Waals surface area (Å²) in [6.45, 7) is 68.8. The van der Waals surface area contributed by atoms with Gasteiger partial charge in [0.05, 0.1) is 35.5 Å². The normalized spacial score (nSPS) is 26.4. The van der Waals surface area contributed by atoms with E-state index in [1.54, 1.807) is 35.5 Å². The molecule has 24 heterocycles. The standard InChI is InChI=1S/5C15H23N3O.3C15H23N3/c5*1-10(2)13-6-12(19-3)7-15(17-13)18-5-4-11-8-16-9-14(11)18;3*1-10(2)13-6-11(3)7-15(17-13)18-5-4-12-8-16-9-14(12)18/h5*6-7,10-11,14,16H,4-5,8-9H2,1-3H3;3*6-7,10,12,14,16H,4-5,8-9H2,1-3H3/t2*11-,14+;2*11-,14-;;2*12-,14+;/m1010.10./s1. The van der Waals surface area contributed by atoms with Crippen molar-refractivity contribution in [2.45, 2.75) is 279 Å². The van der Waals surface area contributed by atoms with Crippen molar-refractivity contribution in [1.29, 1.82) is 0 Å². The molecule has 0 aromatic carbocycles. The number of ether oxygens (including phenoxy) is 5. The summed E-state index contributed by atoms with van der Waals surface area (Å²) in [4.78, 5) is 58.7. The number of rotatable bonds is 21. The molecule has 0 amide bonds. The van der Waals surface area contributed by atoms with Crippen LogP contribution in [0, 0.1) is 68.1 Å². The molecule has 0 aliphatic carbocycles. The number of pyridine rings is 8. The number of nitrogens with one attached hydrogen (secondary N) is 8. The van der Waals surface area contributed by atoms with Gasteiger partial charge in [0.2, 0.25) is 0 Å². The fourth-order valence-electron chi connectivity index (χ4n) is 25.8. The third kappa shape index (κ3) is 26.3. The van der Waals surface area contributed by atoms with E-state index in [1.807, 2.05) is 0 Å². The highest BCUT2D eigenvalue weighted by Crippen LogP contribution is 2.44. The smallest absolute Gasteiger partial charge is 0.132 e. The maximum absolute atomic E-state index is 5.43. The number of fused-ring (bicyclic) bond motifs is 8. The second-order valence-electron chi connectivity index (χ2n) is 47.7. The van der Waals surface area contributed by atoms with Gasteiger partial charge in [-0.1, -0.05) is 111 Å². The molecule has 814 valence electrons. The van der Waals surface area contributed by atoms with Crippen LogP contribution >= 0.6 is 0 Å². The van der Waals surface area contributed by atoms with Crippen LogP contribution in [-0.4, -0.2) is 281 Å². The molecule has 0 saturated carbocycles. The highest BCUT2D eigenvalue weighted by Gasteiger charge is 2.47. The van der Waals surface area contributed by atoms with E-state index in [0.717, 1.165) is 251 Å². The predicted octanol–water partition coefficient (Wildman–Crippen LogP) is 17.0. The van der Waals surface area contributed by atoms with Gasteiger partial charge in [0.25, 0.3) is 0 Å². The molecule has 0 radical (unpaired) electrons. The number of nitrogens with zero attached hydrogens (tertiary/aromatic N) is 16. The molecule has 0 spiro atoms. The summed E-state index contributed by atoms with van der Waals surface area (Å²) in [7, 11) is 8.65. The van der Waals surface area contributed by atoms with Crippen molar-refractivity contribution in [2.24, 2.45) is 47.3 Å². The van der Waals surface area contributed by atoms with Gasteiger partial charge in [-0.15, -0.1) is 0 Å². The molecule has 16 aliphatic rings. The Morgan fingerprint density at radius 3 is 0.443 bits per heavy atom. The number of aryl methyl sites for hydroxylation is 3. The van der Waals surface area contributed by atoms with Crippen LogP contribution in [0.2, 0.25) is 0 Å².